The molecule has 0 radical (unpaired) electrons. The molecule has 2 aromatic rings. The Morgan fingerprint density at radius 2 is 1.69 bits per heavy atom. The lowest BCUT2D eigenvalue weighted by atomic mass is 10.1. The summed E-state index contributed by atoms with van der Waals surface area (Å²) >= 11 is 0. The van der Waals surface area contributed by atoms with Gasteiger partial charge in [0.05, 0.1) is 10.9 Å². The van der Waals surface area contributed by atoms with Crippen LogP contribution in [0.5, 0.6) is 0 Å². The average molecular weight is 459 g/mol. The maximum atomic E-state index is 12.8. The van der Waals surface area contributed by atoms with Gasteiger partial charge in [0.25, 0.3) is 0 Å². The highest BCUT2D eigenvalue weighted by Gasteiger charge is 2.28. The highest BCUT2D eigenvalue weighted by molar-refractivity contribution is 7.89. The lowest BCUT2D eigenvalue weighted by Gasteiger charge is -2.36. The number of aryl methyl sites for hydroxylation is 1. The summed E-state index contributed by atoms with van der Waals surface area (Å²) in [7, 11) is -3.86. The van der Waals surface area contributed by atoms with Crippen LogP contribution in [0.1, 0.15) is 25.0 Å². The van der Waals surface area contributed by atoms with Crippen LogP contribution in [-0.2, 0) is 26.2 Å². The molecule has 0 unspecified atom stereocenters. The van der Waals surface area contributed by atoms with Crippen molar-refractivity contribution in [1.82, 2.24) is 14.5 Å². The molecule has 0 aliphatic carbocycles. The van der Waals surface area contributed by atoms with Gasteiger partial charge in [-0.1, -0.05) is 29.8 Å². The molecule has 3 rings (SSSR count). The number of anilines is 1. The second-order valence-corrected chi connectivity index (χ2v) is 9.85. The minimum atomic E-state index is -3.86. The monoisotopic (exact) mass is 458 g/mol. The fraction of sp³-hybridized carbons (Fsp3) is 0.391. The minimum Gasteiger partial charge on any atom is -0.339 e. The van der Waals surface area contributed by atoms with Crippen LogP contribution in [0.3, 0.4) is 0 Å². The van der Waals surface area contributed by atoms with Crippen LogP contribution in [0.25, 0.3) is 0 Å². The standard InChI is InChI=1S/C23H30N4O4S/c1-17-5-4-6-20(15-17)16-26-11-13-27(14-12-26)23(29)18(2)25-32(30,31)22-9-7-21(8-10-22)24-19(3)28/h4-10,15,18,25H,11-14,16H2,1-3H3,(H,24,28)/t18-/m0/s1. The van der Waals surface area contributed by atoms with Crippen LogP contribution >= 0.6 is 0 Å². The number of piperazine rings is 1. The Labute approximate surface area is 189 Å². The summed E-state index contributed by atoms with van der Waals surface area (Å²) in [6.07, 6.45) is 0. The number of rotatable bonds is 7. The van der Waals surface area contributed by atoms with E-state index in [9.17, 15) is 18.0 Å². The normalized spacial score (nSPS) is 15.9. The molecule has 0 saturated carbocycles. The van der Waals surface area contributed by atoms with Gasteiger partial charge in [0.2, 0.25) is 21.8 Å². The molecule has 1 fully saturated rings. The van der Waals surface area contributed by atoms with Gasteiger partial charge in [-0.15, -0.1) is 0 Å². The third-order valence-electron chi connectivity index (χ3n) is 5.36. The molecular formula is C23H30N4O4S. The first-order valence-electron chi connectivity index (χ1n) is 10.6. The predicted octanol–water partition coefficient (Wildman–Crippen LogP) is 1.96. The van der Waals surface area contributed by atoms with Crippen molar-refractivity contribution in [2.24, 2.45) is 0 Å². The highest BCUT2D eigenvalue weighted by atomic mass is 32.2. The van der Waals surface area contributed by atoms with Crippen molar-refractivity contribution in [3.05, 3.63) is 59.7 Å². The number of amides is 2. The van der Waals surface area contributed by atoms with Gasteiger partial charge in [0.1, 0.15) is 0 Å². The van der Waals surface area contributed by atoms with Crippen LogP contribution < -0.4 is 10.0 Å². The fourth-order valence-electron chi connectivity index (χ4n) is 3.74. The Kier molecular flexibility index (Phi) is 7.65. The van der Waals surface area contributed by atoms with Crippen molar-refractivity contribution in [3.8, 4) is 0 Å². The van der Waals surface area contributed by atoms with Crippen molar-refractivity contribution < 1.29 is 18.0 Å². The molecule has 1 aliphatic rings. The minimum absolute atomic E-state index is 0.0363. The van der Waals surface area contributed by atoms with Crippen LogP contribution in [0.15, 0.2) is 53.4 Å². The lowest BCUT2D eigenvalue weighted by Crippen LogP contribution is -2.53. The molecule has 1 atom stereocenters. The van der Waals surface area contributed by atoms with Crippen LogP contribution in [0.2, 0.25) is 0 Å². The van der Waals surface area contributed by atoms with Gasteiger partial charge in [-0.3, -0.25) is 14.5 Å². The quantitative estimate of drug-likeness (QED) is 0.661. The van der Waals surface area contributed by atoms with Gasteiger partial charge in [-0.2, -0.15) is 4.72 Å². The van der Waals surface area contributed by atoms with Gasteiger partial charge in [0, 0.05) is 45.3 Å². The maximum Gasteiger partial charge on any atom is 0.241 e. The number of nitrogens with one attached hydrogen (secondary N) is 2. The predicted molar refractivity (Wildman–Crippen MR) is 124 cm³/mol. The van der Waals surface area contributed by atoms with E-state index < -0.39 is 16.1 Å². The van der Waals surface area contributed by atoms with Crippen molar-refractivity contribution in [2.45, 2.75) is 38.3 Å². The zero-order chi connectivity index (χ0) is 23.3. The molecule has 32 heavy (non-hydrogen) atoms. The van der Waals surface area contributed by atoms with E-state index in [-0.39, 0.29) is 16.7 Å². The lowest BCUT2D eigenvalue weighted by molar-refractivity contribution is -0.134. The Morgan fingerprint density at radius 3 is 2.28 bits per heavy atom. The Morgan fingerprint density at radius 1 is 1.03 bits per heavy atom. The molecule has 1 saturated heterocycles. The molecule has 2 N–H and O–H groups in total. The topological polar surface area (TPSA) is 98.8 Å². The van der Waals surface area contributed by atoms with Crippen molar-refractivity contribution in [2.75, 3.05) is 31.5 Å². The Hall–Kier alpha value is -2.75. The highest BCUT2D eigenvalue weighted by Crippen LogP contribution is 2.15. The third-order valence-corrected chi connectivity index (χ3v) is 6.92. The Balaban J connectivity index is 1.53. The third kappa shape index (κ3) is 6.38. The van der Waals surface area contributed by atoms with Crippen LogP contribution in [-0.4, -0.2) is 62.3 Å². The van der Waals surface area contributed by atoms with E-state index in [0.29, 0.717) is 18.8 Å². The second kappa shape index (κ2) is 10.2. The average Bonchev–Trinajstić information content (AvgIpc) is 2.73. The van der Waals surface area contributed by atoms with E-state index in [0.717, 1.165) is 19.6 Å². The zero-order valence-electron chi connectivity index (χ0n) is 18.7. The molecular weight excluding hydrogens is 428 g/mol. The number of sulfonamides is 1. The van der Waals surface area contributed by atoms with Gasteiger partial charge < -0.3 is 10.2 Å². The fourth-order valence-corrected chi connectivity index (χ4v) is 4.94. The molecule has 8 nitrogen and oxygen atoms in total. The largest absolute Gasteiger partial charge is 0.339 e. The van der Waals surface area contributed by atoms with Gasteiger partial charge >= 0.3 is 0 Å². The summed E-state index contributed by atoms with van der Waals surface area (Å²) in [5.74, 6) is -0.476. The van der Waals surface area contributed by atoms with Gasteiger partial charge in [-0.05, 0) is 43.7 Å². The SMILES string of the molecule is CC(=O)Nc1ccc(S(=O)(=O)N[C@@H](C)C(=O)N2CCN(Cc3cccc(C)c3)CC2)cc1. The van der Waals surface area contributed by atoms with E-state index in [2.05, 4.69) is 40.1 Å². The van der Waals surface area contributed by atoms with E-state index in [1.54, 1.807) is 11.8 Å². The first-order chi connectivity index (χ1) is 15.1. The Bertz CT molecular complexity index is 1060. The van der Waals surface area contributed by atoms with Gasteiger partial charge in [0.15, 0.2) is 0 Å². The summed E-state index contributed by atoms with van der Waals surface area (Å²) in [6.45, 7) is 8.44. The van der Waals surface area contributed by atoms with Gasteiger partial charge in [-0.25, -0.2) is 8.42 Å². The molecule has 2 amide bonds. The number of carbonyl (C=O) groups is 2. The van der Waals surface area contributed by atoms with Crippen LogP contribution in [0, 0.1) is 6.92 Å². The summed E-state index contributed by atoms with van der Waals surface area (Å²) in [4.78, 5) is 28.0. The number of nitrogens with zero attached hydrogens (tertiary/aromatic N) is 2. The van der Waals surface area contributed by atoms with E-state index in [4.69, 9.17) is 0 Å². The molecule has 9 heteroatoms. The number of hydrogen-bond donors (Lipinski definition) is 2. The molecule has 0 bridgehead atoms. The summed E-state index contributed by atoms with van der Waals surface area (Å²) in [5.41, 5.74) is 2.97. The molecule has 1 aliphatic heterocycles. The number of hydrogen-bond acceptors (Lipinski definition) is 5. The summed E-state index contributed by atoms with van der Waals surface area (Å²) in [5, 5.41) is 2.59. The smallest absolute Gasteiger partial charge is 0.241 e. The zero-order valence-corrected chi connectivity index (χ0v) is 19.5. The van der Waals surface area contributed by atoms with Crippen molar-refractivity contribution in [1.29, 1.82) is 0 Å². The molecule has 0 aromatic heterocycles. The van der Waals surface area contributed by atoms with Crippen molar-refractivity contribution in [3.63, 3.8) is 0 Å². The first kappa shape index (κ1) is 23.9. The van der Waals surface area contributed by atoms with E-state index in [1.807, 2.05) is 6.07 Å². The molecule has 2 aromatic carbocycles. The first-order valence-corrected chi connectivity index (χ1v) is 12.1. The molecule has 1 heterocycles. The van der Waals surface area contributed by atoms with E-state index >= 15 is 0 Å². The van der Waals surface area contributed by atoms with Crippen LogP contribution in [0.4, 0.5) is 5.69 Å². The molecule has 172 valence electrons. The molecule has 0 spiro atoms. The summed E-state index contributed by atoms with van der Waals surface area (Å²) in [6, 6.07) is 13.3. The number of benzene rings is 2. The summed E-state index contributed by atoms with van der Waals surface area (Å²) < 4.78 is 27.8. The second-order valence-electron chi connectivity index (χ2n) is 8.14. The maximum absolute atomic E-state index is 12.8. The van der Waals surface area contributed by atoms with E-state index in [1.165, 1.54) is 42.3 Å². The number of carbonyl (C=O) groups excluding carboxylic acids is 2. The van der Waals surface area contributed by atoms with Crippen molar-refractivity contribution >= 4 is 27.5 Å².